The first-order chi connectivity index (χ1) is 6.77. The molecule has 0 spiro atoms. The second-order valence-corrected chi connectivity index (χ2v) is 3.07. The van der Waals surface area contributed by atoms with Crippen molar-refractivity contribution in [3.05, 3.63) is 48.2 Å². The van der Waals surface area contributed by atoms with Crippen LogP contribution in [0, 0.1) is 12.7 Å². The van der Waals surface area contributed by atoms with Crippen LogP contribution in [0.5, 0.6) is 0 Å². The van der Waals surface area contributed by atoms with Gasteiger partial charge in [0.05, 0.1) is 11.9 Å². The summed E-state index contributed by atoms with van der Waals surface area (Å²) >= 11 is 0. The summed E-state index contributed by atoms with van der Waals surface area (Å²) in [6.45, 7) is 1.95. The number of rotatable bonds is 1. The number of hydrogen-bond donors (Lipinski definition) is 0. The molecular formula is C11H9FN2. The van der Waals surface area contributed by atoms with Gasteiger partial charge in [-0.2, -0.15) is 0 Å². The number of pyridine rings is 2. The predicted octanol–water partition coefficient (Wildman–Crippen LogP) is 2.59. The Hall–Kier alpha value is -1.77. The zero-order valence-electron chi connectivity index (χ0n) is 7.74. The summed E-state index contributed by atoms with van der Waals surface area (Å²) in [5.74, 6) is -0.342. The van der Waals surface area contributed by atoms with Crippen LogP contribution in [0.25, 0.3) is 11.3 Å². The molecule has 0 radical (unpaired) electrons. The summed E-state index contributed by atoms with van der Waals surface area (Å²) in [4.78, 5) is 7.79. The Balaban J connectivity index is 2.55. The summed E-state index contributed by atoms with van der Waals surface area (Å²) < 4.78 is 13.3. The standard InChI is InChI=1S/C11H9FN2/c1-8-2-5-14-11(6-8)9-3-4-13-7-10(9)12/h2-7H,1H3. The normalized spacial score (nSPS) is 10.1. The van der Waals surface area contributed by atoms with Gasteiger partial charge in [-0.05, 0) is 30.7 Å². The van der Waals surface area contributed by atoms with Crippen molar-refractivity contribution in [1.82, 2.24) is 9.97 Å². The van der Waals surface area contributed by atoms with E-state index in [0.29, 0.717) is 11.3 Å². The monoisotopic (exact) mass is 188 g/mol. The lowest BCUT2D eigenvalue weighted by Gasteiger charge is -2.01. The fourth-order valence-electron chi connectivity index (χ4n) is 1.27. The highest BCUT2D eigenvalue weighted by Crippen LogP contribution is 2.19. The average Bonchev–Trinajstić information content (AvgIpc) is 2.18. The molecule has 2 heterocycles. The maximum Gasteiger partial charge on any atom is 0.150 e. The van der Waals surface area contributed by atoms with Gasteiger partial charge in [-0.15, -0.1) is 0 Å². The Morgan fingerprint density at radius 3 is 2.79 bits per heavy atom. The van der Waals surface area contributed by atoms with Gasteiger partial charge in [0.15, 0.2) is 5.82 Å². The molecule has 0 amide bonds. The fourth-order valence-corrected chi connectivity index (χ4v) is 1.27. The lowest BCUT2D eigenvalue weighted by atomic mass is 10.1. The minimum Gasteiger partial charge on any atom is -0.262 e. The van der Waals surface area contributed by atoms with Crippen LogP contribution >= 0.6 is 0 Å². The zero-order valence-corrected chi connectivity index (χ0v) is 7.74. The van der Waals surface area contributed by atoms with E-state index in [9.17, 15) is 4.39 Å². The molecule has 0 bridgehead atoms. The largest absolute Gasteiger partial charge is 0.262 e. The second kappa shape index (κ2) is 3.54. The van der Waals surface area contributed by atoms with E-state index in [4.69, 9.17) is 0 Å². The average molecular weight is 188 g/mol. The van der Waals surface area contributed by atoms with E-state index in [1.165, 1.54) is 6.20 Å². The van der Waals surface area contributed by atoms with Gasteiger partial charge in [0.1, 0.15) is 0 Å². The Labute approximate surface area is 81.5 Å². The van der Waals surface area contributed by atoms with Crippen molar-refractivity contribution in [2.45, 2.75) is 6.92 Å². The smallest absolute Gasteiger partial charge is 0.150 e. The highest BCUT2D eigenvalue weighted by molar-refractivity contribution is 5.59. The number of aromatic nitrogens is 2. The van der Waals surface area contributed by atoms with Gasteiger partial charge in [-0.1, -0.05) is 0 Å². The molecule has 0 saturated carbocycles. The van der Waals surface area contributed by atoms with Gasteiger partial charge in [-0.25, -0.2) is 4.39 Å². The van der Waals surface area contributed by atoms with Crippen LogP contribution in [-0.4, -0.2) is 9.97 Å². The van der Waals surface area contributed by atoms with E-state index in [1.54, 1.807) is 18.5 Å². The first-order valence-electron chi connectivity index (χ1n) is 4.30. The molecule has 70 valence electrons. The van der Waals surface area contributed by atoms with Crippen LogP contribution in [-0.2, 0) is 0 Å². The van der Waals surface area contributed by atoms with Crippen LogP contribution in [0.3, 0.4) is 0 Å². The fraction of sp³-hybridized carbons (Fsp3) is 0.0909. The Bertz CT molecular complexity index is 455. The third kappa shape index (κ3) is 1.62. The van der Waals surface area contributed by atoms with E-state index in [2.05, 4.69) is 9.97 Å². The molecule has 0 N–H and O–H groups in total. The van der Waals surface area contributed by atoms with E-state index in [-0.39, 0.29) is 5.82 Å². The predicted molar refractivity (Wildman–Crippen MR) is 52.2 cm³/mol. The number of halogens is 1. The van der Waals surface area contributed by atoms with Crippen molar-refractivity contribution in [1.29, 1.82) is 0 Å². The first kappa shape index (κ1) is 8.81. The minimum atomic E-state index is -0.342. The number of nitrogens with zero attached hydrogens (tertiary/aromatic N) is 2. The summed E-state index contributed by atoms with van der Waals surface area (Å²) in [6, 6.07) is 5.35. The molecule has 3 heteroatoms. The molecule has 2 aromatic heterocycles. The molecule has 0 fully saturated rings. The van der Waals surface area contributed by atoms with Gasteiger partial charge >= 0.3 is 0 Å². The molecule has 2 rings (SSSR count). The molecule has 2 aromatic rings. The summed E-state index contributed by atoms with van der Waals surface area (Å²) in [5, 5.41) is 0. The van der Waals surface area contributed by atoms with E-state index < -0.39 is 0 Å². The van der Waals surface area contributed by atoms with Crippen LogP contribution < -0.4 is 0 Å². The Morgan fingerprint density at radius 1 is 1.21 bits per heavy atom. The van der Waals surface area contributed by atoms with E-state index >= 15 is 0 Å². The highest BCUT2D eigenvalue weighted by Gasteiger charge is 2.04. The van der Waals surface area contributed by atoms with Crippen molar-refractivity contribution >= 4 is 0 Å². The molecule has 2 nitrogen and oxygen atoms in total. The van der Waals surface area contributed by atoms with Crippen LogP contribution in [0.4, 0.5) is 4.39 Å². The topological polar surface area (TPSA) is 25.8 Å². The van der Waals surface area contributed by atoms with Crippen molar-refractivity contribution in [3.63, 3.8) is 0 Å². The molecule has 14 heavy (non-hydrogen) atoms. The molecule has 0 aliphatic rings. The maximum absolute atomic E-state index is 13.3. The van der Waals surface area contributed by atoms with Crippen molar-refractivity contribution < 1.29 is 4.39 Å². The Kier molecular flexibility index (Phi) is 2.23. The number of hydrogen-bond acceptors (Lipinski definition) is 2. The molecule has 0 aromatic carbocycles. The SMILES string of the molecule is Cc1ccnc(-c2ccncc2F)c1. The van der Waals surface area contributed by atoms with Crippen LogP contribution in [0.15, 0.2) is 36.8 Å². The van der Waals surface area contributed by atoms with Gasteiger partial charge in [0.25, 0.3) is 0 Å². The molecule has 0 aliphatic heterocycles. The second-order valence-electron chi connectivity index (χ2n) is 3.07. The number of aryl methyl sites for hydroxylation is 1. The van der Waals surface area contributed by atoms with E-state index in [1.807, 2.05) is 19.1 Å². The first-order valence-corrected chi connectivity index (χ1v) is 4.30. The van der Waals surface area contributed by atoms with Crippen molar-refractivity contribution in [2.75, 3.05) is 0 Å². The van der Waals surface area contributed by atoms with E-state index in [0.717, 1.165) is 5.56 Å². The highest BCUT2D eigenvalue weighted by atomic mass is 19.1. The summed E-state index contributed by atoms with van der Waals surface area (Å²) in [6.07, 6.45) is 4.42. The molecule has 0 unspecified atom stereocenters. The minimum absolute atomic E-state index is 0.342. The van der Waals surface area contributed by atoms with Gasteiger partial charge in [0.2, 0.25) is 0 Å². The summed E-state index contributed by atoms with van der Waals surface area (Å²) in [7, 11) is 0. The Morgan fingerprint density at radius 2 is 2.07 bits per heavy atom. The molecule has 0 atom stereocenters. The quantitative estimate of drug-likeness (QED) is 0.687. The van der Waals surface area contributed by atoms with Gasteiger partial charge in [0, 0.05) is 18.0 Å². The molecule has 0 saturated heterocycles. The lowest BCUT2D eigenvalue weighted by Crippen LogP contribution is -1.89. The van der Waals surface area contributed by atoms with Crippen molar-refractivity contribution in [3.8, 4) is 11.3 Å². The molecule has 0 aliphatic carbocycles. The van der Waals surface area contributed by atoms with Gasteiger partial charge in [-0.3, -0.25) is 9.97 Å². The summed E-state index contributed by atoms with van der Waals surface area (Å²) in [5.41, 5.74) is 2.19. The maximum atomic E-state index is 13.3. The molecular weight excluding hydrogens is 179 g/mol. The van der Waals surface area contributed by atoms with Gasteiger partial charge < -0.3 is 0 Å². The lowest BCUT2D eigenvalue weighted by molar-refractivity contribution is 0.624. The van der Waals surface area contributed by atoms with Crippen LogP contribution in [0.1, 0.15) is 5.56 Å². The van der Waals surface area contributed by atoms with Crippen LogP contribution in [0.2, 0.25) is 0 Å². The third-order valence-electron chi connectivity index (χ3n) is 1.96. The zero-order chi connectivity index (χ0) is 9.97. The van der Waals surface area contributed by atoms with Crippen molar-refractivity contribution in [2.24, 2.45) is 0 Å². The third-order valence-corrected chi connectivity index (χ3v) is 1.96.